The van der Waals surface area contributed by atoms with E-state index in [-0.39, 0.29) is 11.8 Å². The number of methoxy groups -OCH3 is 1. The number of aromatic nitrogens is 3. The molecule has 1 aliphatic heterocycles. The third-order valence-electron chi connectivity index (χ3n) is 5.10. The molecule has 0 aliphatic carbocycles. The van der Waals surface area contributed by atoms with Crippen LogP contribution in [-0.2, 0) is 4.79 Å². The minimum atomic E-state index is -0.0159. The molecule has 1 N–H and O–H groups in total. The monoisotopic (exact) mass is 422 g/mol. The lowest BCUT2D eigenvalue weighted by Gasteiger charge is -2.23. The molecule has 0 saturated heterocycles. The van der Waals surface area contributed by atoms with Crippen LogP contribution in [0, 0.1) is 0 Å². The van der Waals surface area contributed by atoms with E-state index in [2.05, 4.69) is 40.9 Å². The lowest BCUT2D eigenvalue weighted by Crippen LogP contribution is -2.24. The molecule has 29 heavy (non-hydrogen) atoms. The van der Waals surface area contributed by atoms with Crippen LogP contribution in [0.2, 0.25) is 0 Å². The number of hydrogen-bond donors (Lipinski definition) is 1. The van der Waals surface area contributed by atoms with Crippen LogP contribution >= 0.6 is 23.1 Å². The number of fused-ring (bicyclic) bond motifs is 2. The van der Waals surface area contributed by atoms with Crippen LogP contribution in [-0.4, -0.2) is 34.0 Å². The van der Waals surface area contributed by atoms with Gasteiger partial charge in [-0.25, -0.2) is 4.98 Å². The molecule has 1 atom stereocenters. The van der Waals surface area contributed by atoms with Crippen LogP contribution in [0.1, 0.15) is 23.5 Å². The van der Waals surface area contributed by atoms with E-state index >= 15 is 0 Å². The molecule has 8 heteroatoms. The molecule has 0 bridgehead atoms. The largest absolute Gasteiger partial charge is 0.497 e. The Kier molecular flexibility index (Phi) is 4.52. The number of carbonyl (C=O) groups excluding carboxylic acids is 1. The van der Waals surface area contributed by atoms with Gasteiger partial charge in [-0.15, -0.1) is 11.8 Å². The van der Waals surface area contributed by atoms with Crippen LogP contribution in [0.25, 0.3) is 15.3 Å². The van der Waals surface area contributed by atoms with Gasteiger partial charge >= 0.3 is 0 Å². The van der Waals surface area contributed by atoms with Crippen LogP contribution in [0.4, 0.5) is 5.82 Å². The number of nitrogens with zero attached hydrogens (tertiary/aromatic N) is 3. The van der Waals surface area contributed by atoms with Crippen molar-refractivity contribution < 1.29 is 9.53 Å². The molecule has 0 radical (unpaired) electrons. The first-order chi connectivity index (χ1) is 14.2. The molecule has 0 unspecified atom stereocenters. The van der Waals surface area contributed by atoms with Gasteiger partial charge in [0, 0.05) is 22.8 Å². The molecule has 3 heterocycles. The summed E-state index contributed by atoms with van der Waals surface area (Å²) in [6.45, 7) is 0. The van der Waals surface area contributed by atoms with Gasteiger partial charge in [-0.05, 0) is 42.2 Å². The van der Waals surface area contributed by atoms with Gasteiger partial charge in [0.05, 0.1) is 23.5 Å². The summed E-state index contributed by atoms with van der Waals surface area (Å²) in [6, 6.07) is 14.2. The van der Waals surface area contributed by atoms with Crippen molar-refractivity contribution in [2.45, 2.75) is 17.2 Å². The van der Waals surface area contributed by atoms with Crippen LogP contribution < -0.4 is 10.1 Å². The van der Waals surface area contributed by atoms with Crippen molar-refractivity contribution >= 4 is 45.0 Å². The number of thioether (sulfide) groups is 1. The second-order valence-electron chi connectivity index (χ2n) is 6.77. The maximum Gasteiger partial charge on any atom is 0.226 e. The van der Waals surface area contributed by atoms with E-state index in [9.17, 15) is 4.79 Å². The van der Waals surface area contributed by atoms with Gasteiger partial charge in [0.2, 0.25) is 11.0 Å². The van der Waals surface area contributed by atoms with Gasteiger partial charge < -0.3 is 10.1 Å². The highest BCUT2D eigenvalue weighted by atomic mass is 32.2. The lowest BCUT2D eigenvalue weighted by molar-refractivity contribution is -0.116. The number of benzene rings is 2. The van der Waals surface area contributed by atoms with Crippen LogP contribution in [0.3, 0.4) is 0 Å². The molecule has 1 aliphatic rings. The number of rotatable bonds is 4. The van der Waals surface area contributed by atoms with Crippen molar-refractivity contribution in [3.05, 3.63) is 59.8 Å². The Balaban J connectivity index is 1.57. The minimum absolute atomic E-state index is 0.0130. The average molecular weight is 423 g/mol. The second-order valence-corrected chi connectivity index (χ2v) is 8.66. The Bertz CT molecular complexity index is 1210. The predicted molar refractivity (Wildman–Crippen MR) is 117 cm³/mol. The highest BCUT2D eigenvalue weighted by Crippen LogP contribution is 2.39. The van der Waals surface area contributed by atoms with E-state index in [1.165, 1.54) is 16.2 Å². The summed E-state index contributed by atoms with van der Waals surface area (Å²) in [5.41, 5.74) is 3.01. The molecule has 5 rings (SSSR count). The van der Waals surface area contributed by atoms with Gasteiger partial charge in [-0.1, -0.05) is 23.5 Å². The van der Waals surface area contributed by atoms with E-state index in [0.717, 1.165) is 27.1 Å². The number of amides is 1. The maximum absolute atomic E-state index is 12.5. The van der Waals surface area contributed by atoms with E-state index < -0.39 is 0 Å². The minimum Gasteiger partial charge on any atom is -0.497 e. The fourth-order valence-electron chi connectivity index (χ4n) is 3.61. The SMILES string of the molecule is COc1ccc2nc(-n3ncc4c3NC(=O)C[C@@H]4c3ccc(SC)cc3)sc2c1. The number of anilines is 1. The topological polar surface area (TPSA) is 69.0 Å². The molecule has 0 saturated carbocycles. The molecule has 146 valence electrons. The van der Waals surface area contributed by atoms with Crippen molar-refractivity contribution in [2.24, 2.45) is 0 Å². The van der Waals surface area contributed by atoms with Crippen molar-refractivity contribution in [3.8, 4) is 10.9 Å². The molecular weight excluding hydrogens is 404 g/mol. The Morgan fingerprint density at radius 1 is 1.24 bits per heavy atom. The normalized spacial score (nSPS) is 15.9. The quantitative estimate of drug-likeness (QED) is 0.483. The zero-order valence-electron chi connectivity index (χ0n) is 15.9. The summed E-state index contributed by atoms with van der Waals surface area (Å²) < 4.78 is 8.04. The molecule has 0 spiro atoms. The third kappa shape index (κ3) is 3.18. The predicted octanol–water partition coefficient (Wildman–Crippen LogP) is 4.69. The standard InChI is InChI=1S/C21H18N4O2S2/c1-27-13-5-8-17-18(9-13)29-21(23-17)25-20-16(11-22-25)15(10-19(26)24-20)12-3-6-14(28-2)7-4-12/h3-9,11,15H,10H2,1-2H3,(H,24,26)/t15-/m1/s1. The summed E-state index contributed by atoms with van der Waals surface area (Å²) in [4.78, 5) is 18.4. The number of ether oxygens (including phenoxy) is 1. The Hall–Kier alpha value is -2.84. The molecule has 2 aromatic carbocycles. The fourth-order valence-corrected chi connectivity index (χ4v) is 4.98. The van der Waals surface area contributed by atoms with E-state index in [1.54, 1.807) is 23.6 Å². The first kappa shape index (κ1) is 18.2. The fraction of sp³-hybridized carbons (Fsp3) is 0.190. The Labute approximate surface area is 175 Å². The maximum atomic E-state index is 12.5. The first-order valence-electron chi connectivity index (χ1n) is 9.13. The summed E-state index contributed by atoms with van der Waals surface area (Å²) in [7, 11) is 1.65. The smallest absolute Gasteiger partial charge is 0.226 e. The van der Waals surface area contributed by atoms with E-state index in [4.69, 9.17) is 9.72 Å². The first-order valence-corrected chi connectivity index (χ1v) is 11.2. The molecule has 1 amide bonds. The zero-order valence-corrected chi connectivity index (χ0v) is 17.5. The van der Waals surface area contributed by atoms with Crippen molar-refractivity contribution in [2.75, 3.05) is 18.7 Å². The molecule has 6 nitrogen and oxygen atoms in total. The third-order valence-corrected chi connectivity index (χ3v) is 6.84. The van der Waals surface area contributed by atoms with Crippen LogP contribution in [0.15, 0.2) is 53.6 Å². The number of hydrogen-bond acceptors (Lipinski definition) is 6. The zero-order chi connectivity index (χ0) is 20.0. The van der Waals surface area contributed by atoms with Crippen molar-refractivity contribution in [3.63, 3.8) is 0 Å². The van der Waals surface area contributed by atoms with Gasteiger partial charge in [0.25, 0.3) is 0 Å². The number of nitrogens with one attached hydrogen (secondary N) is 1. The molecular formula is C21H18N4O2S2. The Morgan fingerprint density at radius 3 is 2.83 bits per heavy atom. The van der Waals surface area contributed by atoms with E-state index in [1.807, 2.05) is 24.4 Å². The highest BCUT2D eigenvalue weighted by Gasteiger charge is 2.31. The highest BCUT2D eigenvalue weighted by molar-refractivity contribution is 7.98. The summed E-state index contributed by atoms with van der Waals surface area (Å²) in [5.74, 6) is 1.46. The number of carbonyl (C=O) groups is 1. The molecule has 4 aromatic rings. The second kappa shape index (κ2) is 7.20. The van der Waals surface area contributed by atoms with Crippen molar-refractivity contribution in [1.82, 2.24) is 14.8 Å². The molecule has 2 aromatic heterocycles. The summed E-state index contributed by atoms with van der Waals surface area (Å²) >= 11 is 3.22. The lowest BCUT2D eigenvalue weighted by atomic mass is 9.87. The summed E-state index contributed by atoms with van der Waals surface area (Å²) in [6.07, 6.45) is 4.31. The molecule has 0 fully saturated rings. The Morgan fingerprint density at radius 2 is 2.07 bits per heavy atom. The average Bonchev–Trinajstić information content (AvgIpc) is 3.36. The number of thiazole rings is 1. The van der Waals surface area contributed by atoms with Crippen molar-refractivity contribution in [1.29, 1.82) is 0 Å². The van der Waals surface area contributed by atoms with Gasteiger partial charge in [0.15, 0.2) is 0 Å². The summed E-state index contributed by atoms with van der Waals surface area (Å²) in [5, 5.41) is 8.28. The van der Waals surface area contributed by atoms with Crippen LogP contribution in [0.5, 0.6) is 5.75 Å². The van der Waals surface area contributed by atoms with Gasteiger partial charge in [0.1, 0.15) is 11.6 Å². The van der Waals surface area contributed by atoms with E-state index in [0.29, 0.717) is 17.4 Å². The van der Waals surface area contributed by atoms with Gasteiger partial charge in [-0.3, -0.25) is 4.79 Å². The van der Waals surface area contributed by atoms with Gasteiger partial charge in [-0.2, -0.15) is 9.78 Å².